The molecule has 8 heteroatoms. The summed E-state index contributed by atoms with van der Waals surface area (Å²) in [4.78, 5) is 18.4. The molecule has 0 radical (unpaired) electrons. The highest BCUT2D eigenvalue weighted by molar-refractivity contribution is 14.0. The molecule has 28 heavy (non-hydrogen) atoms. The summed E-state index contributed by atoms with van der Waals surface area (Å²) in [7, 11) is 1.77. The minimum Gasteiger partial charge on any atom is -0.444 e. The maximum absolute atomic E-state index is 11.9. The van der Waals surface area contributed by atoms with E-state index in [2.05, 4.69) is 20.5 Å². The zero-order chi connectivity index (χ0) is 19.7. The van der Waals surface area contributed by atoms with E-state index in [0.717, 1.165) is 24.5 Å². The topological polar surface area (TPSA) is 75.2 Å². The average molecular weight is 504 g/mol. The molecule has 0 aromatic heterocycles. The van der Waals surface area contributed by atoms with Crippen molar-refractivity contribution in [3.05, 3.63) is 35.9 Å². The first kappa shape index (κ1) is 24.5. The van der Waals surface area contributed by atoms with Gasteiger partial charge in [-0.1, -0.05) is 30.3 Å². The standard InChI is InChI=1S/C20H32N4O3.HI/c1-20(2,3)27-19(25)23-17-10-12-24(14-17)18(21-4)22-11-13-26-15-16-8-6-5-7-9-16;/h5-9,17H,10-15H2,1-4H3,(H,21,22)(H,23,25);1H. The highest BCUT2D eigenvalue weighted by Gasteiger charge is 2.27. The lowest BCUT2D eigenvalue weighted by Gasteiger charge is -2.23. The lowest BCUT2D eigenvalue weighted by molar-refractivity contribution is 0.0507. The van der Waals surface area contributed by atoms with Crippen LogP contribution in [0, 0.1) is 0 Å². The quantitative estimate of drug-likeness (QED) is 0.270. The number of hydrogen-bond donors (Lipinski definition) is 2. The Morgan fingerprint density at radius 1 is 1.29 bits per heavy atom. The van der Waals surface area contributed by atoms with Crippen molar-refractivity contribution in [2.24, 2.45) is 4.99 Å². The molecule has 1 aromatic rings. The van der Waals surface area contributed by atoms with Gasteiger partial charge in [0, 0.05) is 26.7 Å². The van der Waals surface area contributed by atoms with Crippen molar-refractivity contribution < 1.29 is 14.3 Å². The maximum Gasteiger partial charge on any atom is 0.407 e. The molecule has 1 fully saturated rings. The average Bonchev–Trinajstić information content (AvgIpc) is 3.05. The molecule has 1 heterocycles. The molecule has 0 aliphatic carbocycles. The number of hydrogen-bond acceptors (Lipinski definition) is 4. The van der Waals surface area contributed by atoms with Crippen LogP contribution in [0.4, 0.5) is 4.79 Å². The number of carbonyl (C=O) groups is 1. The van der Waals surface area contributed by atoms with Gasteiger partial charge in [-0.2, -0.15) is 0 Å². The van der Waals surface area contributed by atoms with Gasteiger partial charge in [0.15, 0.2) is 5.96 Å². The van der Waals surface area contributed by atoms with Gasteiger partial charge in [0.25, 0.3) is 0 Å². The number of halogens is 1. The summed E-state index contributed by atoms with van der Waals surface area (Å²) in [6, 6.07) is 10.2. The summed E-state index contributed by atoms with van der Waals surface area (Å²) in [5.74, 6) is 0.826. The van der Waals surface area contributed by atoms with Crippen LogP contribution in [0.5, 0.6) is 0 Å². The SMILES string of the molecule is CN=C(NCCOCc1ccccc1)N1CCC(NC(=O)OC(C)(C)C)C1.I. The first-order valence-corrected chi connectivity index (χ1v) is 9.44. The third kappa shape index (κ3) is 9.09. The Hall–Kier alpha value is -1.55. The highest BCUT2D eigenvalue weighted by Crippen LogP contribution is 2.12. The molecule has 1 unspecified atom stereocenters. The van der Waals surface area contributed by atoms with Gasteiger partial charge in [0.2, 0.25) is 0 Å². The number of likely N-dealkylation sites (tertiary alicyclic amines) is 1. The van der Waals surface area contributed by atoms with E-state index >= 15 is 0 Å². The Morgan fingerprint density at radius 2 is 2.00 bits per heavy atom. The Labute approximate surface area is 185 Å². The highest BCUT2D eigenvalue weighted by atomic mass is 127. The van der Waals surface area contributed by atoms with Crippen molar-refractivity contribution in [2.75, 3.05) is 33.3 Å². The van der Waals surface area contributed by atoms with Crippen LogP contribution in [-0.2, 0) is 16.1 Å². The normalized spacial score (nSPS) is 17.1. The van der Waals surface area contributed by atoms with Gasteiger partial charge in [-0.15, -0.1) is 24.0 Å². The number of ether oxygens (including phenoxy) is 2. The molecule has 0 spiro atoms. The van der Waals surface area contributed by atoms with Crippen LogP contribution in [0.15, 0.2) is 35.3 Å². The Bertz CT molecular complexity index is 620. The van der Waals surface area contributed by atoms with Gasteiger partial charge in [0.05, 0.1) is 19.3 Å². The van der Waals surface area contributed by atoms with Gasteiger partial charge < -0.3 is 25.0 Å². The van der Waals surface area contributed by atoms with Crippen LogP contribution < -0.4 is 10.6 Å². The van der Waals surface area contributed by atoms with Crippen molar-refractivity contribution >= 4 is 36.0 Å². The van der Waals surface area contributed by atoms with Gasteiger partial charge in [0.1, 0.15) is 5.60 Å². The third-order valence-corrected chi connectivity index (χ3v) is 4.06. The van der Waals surface area contributed by atoms with Crippen molar-refractivity contribution in [3.63, 3.8) is 0 Å². The summed E-state index contributed by atoms with van der Waals surface area (Å²) in [6.45, 7) is 9.01. The zero-order valence-electron chi connectivity index (χ0n) is 17.2. The van der Waals surface area contributed by atoms with E-state index in [1.54, 1.807) is 7.05 Å². The van der Waals surface area contributed by atoms with Crippen LogP contribution in [-0.4, -0.2) is 61.9 Å². The minimum absolute atomic E-state index is 0. The zero-order valence-corrected chi connectivity index (χ0v) is 19.6. The predicted molar refractivity (Wildman–Crippen MR) is 122 cm³/mol. The van der Waals surface area contributed by atoms with Crippen LogP contribution in [0.1, 0.15) is 32.8 Å². The third-order valence-electron chi connectivity index (χ3n) is 4.06. The molecule has 2 rings (SSSR count). The van der Waals surface area contributed by atoms with Crippen LogP contribution in [0.3, 0.4) is 0 Å². The fourth-order valence-electron chi connectivity index (χ4n) is 2.88. The Morgan fingerprint density at radius 3 is 2.64 bits per heavy atom. The number of amides is 1. The van der Waals surface area contributed by atoms with Crippen molar-refractivity contribution in [2.45, 2.75) is 45.4 Å². The van der Waals surface area contributed by atoms with E-state index in [1.165, 1.54) is 0 Å². The maximum atomic E-state index is 11.9. The summed E-state index contributed by atoms with van der Waals surface area (Å²) < 4.78 is 11.0. The second-order valence-electron chi connectivity index (χ2n) is 7.59. The van der Waals surface area contributed by atoms with E-state index in [1.807, 2.05) is 51.1 Å². The minimum atomic E-state index is -0.486. The largest absolute Gasteiger partial charge is 0.444 e. The van der Waals surface area contributed by atoms with Crippen LogP contribution in [0.25, 0.3) is 0 Å². The number of aliphatic imine (C=N–C) groups is 1. The fraction of sp³-hybridized carbons (Fsp3) is 0.600. The molecule has 7 nitrogen and oxygen atoms in total. The van der Waals surface area contributed by atoms with Gasteiger partial charge in [-0.3, -0.25) is 4.99 Å². The second-order valence-corrected chi connectivity index (χ2v) is 7.59. The number of guanidine groups is 1. The molecule has 1 aliphatic rings. The number of carbonyl (C=O) groups excluding carboxylic acids is 1. The number of rotatable bonds is 6. The second kappa shape index (κ2) is 12.1. The smallest absolute Gasteiger partial charge is 0.407 e. The molecular weight excluding hydrogens is 471 g/mol. The molecule has 158 valence electrons. The molecule has 1 aliphatic heterocycles. The van der Waals surface area contributed by atoms with E-state index in [-0.39, 0.29) is 36.1 Å². The molecule has 1 saturated heterocycles. The molecule has 1 aromatic carbocycles. The summed E-state index contributed by atoms with van der Waals surface area (Å²) in [5.41, 5.74) is 0.678. The number of benzene rings is 1. The van der Waals surface area contributed by atoms with E-state index in [4.69, 9.17) is 9.47 Å². The van der Waals surface area contributed by atoms with E-state index in [9.17, 15) is 4.79 Å². The number of nitrogens with one attached hydrogen (secondary N) is 2. The number of alkyl carbamates (subject to hydrolysis) is 1. The molecular formula is C20H33IN4O3. The Balaban J connectivity index is 0.00000392. The van der Waals surface area contributed by atoms with Crippen molar-refractivity contribution in [3.8, 4) is 0 Å². The summed E-state index contributed by atoms with van der Waals surface area (Å²) in [6.07, 6.45) is 0.497. The monoisotopic (exact) mass is 504 g/mol. The summed E-state index contributed by atoms with van der Waals surface area (Å²) >= 11 is 0. The lowest BCUT2D eigenvalue weighted by atomic mass is 10.2. The Kier molecular flexibility index (Phi) is 10.6. The first-order valence-electron chi connectivity index (χ1n) is 9.44. The molecule has 1 amide bonds. The summed E-state index contributed by atoms with van der Waals surface area (Å²) in [5, 5.41) is 6.25. The van der Waals surface area contributed by atoms with Crippen molar-refractivity contribution in [1.82, 2.24) is 15.5 Å². The number of nitrogens with zero attached hydrogens (tertiary/aromatic N) is 2. The van der Waals surface area contributed by atoms with E-state index in [0.29, 0.717) is 26.3 Å². The predicted octanol–water partition coefficient (Wildman–Crippen LogP) is 3.00. The lowest BCUT2D eigenvalue weighted by Crippen LogP contribution is -2.44. The molecule has 2 N–H and O–H groups in total. The van der Waals surface area contributed by atoms with Gasteiger partial charge >= 0.3 is 6.09 Å². The van der Waals surface area contributed by atoms with Gasteiger partial charge in [-0.25, -0.2) is 4.79 Å². The molecule has 0 saturated carbocycles. The fourth-order valence-corrected chi connectivity index (χ4v) is 2.88. The van der Waals surface area contributed by atoms with Crippen molar-refractivity contribution in [1.29, 1.82) is 0 Å². The molecule has 0 bridgehead atoms. The molecule has 1 atom stereocenters. The van der Waals surface area contributed by atoms with Crippen LogP contribution >= 0.6 is 24.0 Å². The first-order chi connectivity index (χ1) is 12.9. The van der Waals surface area contributed by atoms with E-state index < -0.39 is 5.60 Å². The van der Waals surface area contributed by atoms with Gasteiger partial charge in [-0.05, 0) is 32.8 Å². The van der Waals surface area contributed by atoms with Crippen LogP contribution in [0.2, 0.25) is 0 Å².